The number of carbonyl (C=O) groups is 1. The maximum Gasteiger partial charge on any atom is 0.335 e. The highest BCUT2D eigenvalue weighted by atomic mass is 35.5. The molecule has 0 aliphatic carbocycles. The number of benzene rings is 1. The van der Waals surface area contributed by atoms with Gasteiger partial charge in [-0.2, -0.15) is 0 Å². The predicted molar refractivity (Wildman–Crippen MR) is 72.6 cm³/mol. The number of nitro groups is 1. The summed E-state index contributed by atoms with van der Waals surface area (Å²) < 4.78 is 6.87. The van der Waals surface area contributed by atoms with Crippen LogP contribution in [0.1, 0.15) is 16.2 Å². The average Bonchev–Trinajstić information content (AvgIpc) is 2.76. The van der Waals surface area contributed by atoms with Crippen molar-refractivity contribution in [1.29, 1.82) is 0 Å². The van der Waals surface area contributed by atoms with E-state index in [1.54, 1.807) is 11.6 Å². The van der Waals surface area contributed by atoms with Crippen molar-refractivity contribution in [1.82, 2.24) is 9.55 Å². The number of hydrogen-bond donors (Lipinski definition) is 1. The molecule has 0 fully saturated rings. The first kappa shape index (κ1) is 14.8. The van der Waals surface area contributed by atoms with Crippen molar-refractivity contribution in [2.45, 2.75) is 6.61 Å². The molecule has 1 heterocycles. The van der Waals surface area contributed by atoms with Crippen LogP contribution in [0, 0.1) is 10.1 Å². The standard InChI is InChI=1S/C12H10ClN3O5/c1-15-10(13)5-14-11(15)6-21-9-4-7(12(17)18)2-3-8(9)16(19)20/h2-5H,6H2,1H3,(H,17,18). The van der Waals surface area contributed by atoms with Gasteiger partial charge in [-0.15, -0.1) is 0 Å². The third kappa shape index (κ3) is 3.11. The minimum Gasteiger partial charge on any atom is -0.479 e. The SMILES string of the molecule is Cn1c(Cl)cnc1COc1cc(C(=O)O)ccc1[N+](=O)[O-]. The molecule has 2 aromatic rings. The van der Waals surface area contributed by atoms with Gasteiger partial charge in [0.2, 0.25) is 0 Å². The van der Waals surface area contributed by atoms with Gasteiger partial charge in [0.15, 0.2) is 5.75 Å². The van der Waals surface area contributed by atoms with Gasteiger partial charge >= 0.3 is 11.7 Å². The largest absolute Gasteiger partial charge is 0.479 e. The highest BCUT2D eigenvalue weighted by Crippen LogP contribution is 2.28. The number of imidazole rings is 1. The second-order valence-electron chi connectivity index (χ2n) is 4.09. The molecule has 0 aliphatic heterocycles. The molecule has 0 saturated carbocycles. The average molecular weight is 312 g/mol. The molecule has 0 bridgehead atoms. The molecule has 0 atom stereocenters. The van der Waals surface area contributed by atoms with E-state index in [2.05, 4.69) is 4.98 Å². The normalized spacial score (nSPS) is 10.4. The Morgan fingerprint density at radius 1 is 1.57 bits per heavy atom. The lowest BCUT2D eigenvalue weighted by Crippen LogP contribution is -2.06. The van der Waals surface area contributed by atoms with Gasteiger partial charge in [-0.05, 0) is 6.07 Å². The molecule has 0 radical (unpaired) electrons. The fourth-order valence-corrected chi connectivity index (χ4v) is 1.76. The molecule has 0 unspecified atom stereocenters. The number of carboxylic acids is 1. The van der Waals surface area contributed by atoms with Crippen LogP contribution in [0.15, 0.2) is 24.4 Å². The molecule has 1 N–H and O–H groups in total. The molecule has 0 aliphatic rings. The Kier molecular flexibility index (Phi) is 4.08. The summed E-state index contributed by atoms with van der Waals surface area (Å²) in [6.07, 6.45) is 1.42. The van der Waals surface area contributed by atoms with E-state index in [4.69, 9.17) is 21.4 Å². The minimum absolute atomic E-state index is 0.0763. The molecule has 0 amide bonds. The molecule has 1 aromatic carbocycles. The number of nitrogens with zero attached hydrogens (tertiary/aromatic N) is 3. The van der Waals surface area contributed by atoms with E-state index < -0.39 is 10.9 Å². The molecule has 9 heteroatoms. The molecule has 21 heavy (non-hydrogen) atoms. The summed E-state index contributed by atoms with van der Waals surface area (Å²) in [5.74, 6) is -0.885. The second-order valence-corrected chi connectivity index (χ2v) is 4.48. The highest BCUT2D eigenvalue weighted by molar-refractivity contribution is 6.29. The predicted octanol–water partition coefficient (Wildman–Crippen LogP) is 2.26. The summed E-state index contributed by atoms with van der Waals surface area (Å²) >= 11 is 5.82. The van der Waals surface area contributed by atoms with E-state index >= 15 is 0 Å². The summed E-state index contributed by atoms with van der Waals surface area (Å²) in [4.78, 5) is 25.2. The number of hydrogen-bond acceptors (Lipinski definition) is 5. The number of ether oxygens (including phenoxy) is 1. The summed E-state index contributed by atoms with van der Waals surface area (Å²) in [6.45, 7) is -0.0763. The van der Waals surface area contributed by atoms with Gasteiger partial charge in [0.05, 0.1) is 16.7 Å². The molecular formula is C12H10ClN3O5. The van der Waals surface area contributed by atoms with E-state index in [1.807, 2.05) is 0 Å². The molecule has 2 rings (SSSR count). The van der Waals surface area contributed by atoms with Crippen LogP contribution in [0.25, 0.3) is 0 Å². The van der Waals surface area contributed by atoms with Crippen molar-refractivity contribution < 1.29 is 19.6 Å². The van der Waals surface area contributed by atoms with Crippen molar-refractivity contribution in [2.75, 3.05) is 0 Å². The summed E-state index contributed by atoms with van der Waals surface area (Å²) in [7, 11) is 1.66. The van der Waals surface area contributed by atoms with Crippen molar-refractivity contribution in [3.05, 3.63) is 51.1 Å². The third-order valence-electron chi connectivity index (χ3n) is 2.79. The highest BCUT2D eigenvalue weighted by Gasteiger charge is 2.18. The number of aromatic nitrogens is 2. The number of aromatic carboxylic acids is 1. The van der Waals surface area contributed by atoms with Crippen LogP contribution in [0.3, 0.4) is 0 Å². The molecular weight excluding hydrogens is 302 g/mol. The van der Waals surface area contributed by atoms with Gasteiger partial charge < -0.3 is 14.4 Å². The zero-order valence-electron chi connectivity index (χ0n) is 10.8. The van der Waals surface area contributed by atoms with E-state index in [9.17, 15) is 14.9 Å². The molecule has 110 valence electrons. The zero-order chi connectivity index (χ0) is 15.6. The van der Waals surface area contributed by atoms with Crippen molar-refractivity contribution in [3.63, 3.8) is 0 Å². The summed E-state index contributed by atoms with van der Waals surface area (Å²) in [6, 6.07) is 3.33. The first-order chi connectivity index (χ1) is 9.90. The number of rotatable bonds is 5. The Hall–Kier alpha value is -2.61. The third-order valence-corrected chi connectivity index (χ3v) is 3.14. The van der Waals surface area contributed by atoms with Crippen molar-refractivity contribution >= 4 is 23.3 Å². The summed E-state index contributed by atoms with van der Waals surface area (Å²) in [5.41, 5.74) is -0.422. The zero-order valence-corrected chi connectivity index (χ0v) is 11.6. The fraction of sp³-hybridized carbons (Fsp3) is 0.167. The Morgan fingerprint density at radius 2 is 2.29 bits per heavy atom. The fourth-order valence-electron chi connectivity index (χ4n) is 1.61. The lowest BCUT2D eigenvalue weighted by molar-refractivity contribution is -0.386. The van der Waals surface area contributed by atoms with Crippen LogP contribution in [0.4, 0.5) is 5.69 Å². The smallest absolute Gasteiger partial charge is 0.335 e. The quantitative estimate of drug-likeness (QED) is 0.670. The number of carboxylic acid groups (broad SMARTS) is 1. The van der Waals surface area contributed by atoms with Gasteiger partial charge in [-0.1, -0.05) is 11.6 Å². The van der Waals surface area contributed by atoms with Gasteiger partial charge in [0.1, 0.15) is 17.6 Å². The topological polar surface area (TPSA) is 107 Å². The minimum atomic E-state index is -1.20. The number of nitro benzene ring substituents is 1. The maximum absolute atomic E-state index is 10.9. The van der Waals surface area contributed by atoms with Crippen molar-refractivity contribution in [3.8, 4) is 5.75 Å². The Bertz CT molecular complexity index is 713. The van der Waals surface area contributed by atoms with Gasteiger partial charge in [0, 0.05) is 19.2 Å². The van der Waals surface area contributed by atoms with Crippen molar-refractivity contribution in [2.24, 2.45) is 7.05 Å². The first-order valence-corrected chi connectivity index (χ1v) is 6.08. The van der Waals surface area contributed by atoms with Crippen LogP contribution in [0.5, 0.6) is 5.75 Å². The number of halogens is 1. The van der Waals surface area contributed by atoms with Crippen LogP contribution in [-0.4, -0.2) is 25.6 Å². The maximum atomic E-state index is 10.9. The summed E-state index contributed by atoms with van der Waals surface area (Å²) in [5, 5.41) is 20.2. The molecule has 8 nitrogen and oxygen atoms in total. The van der Waals surface area contributed by atoms with Gasteiger partial charge in [-0.25, -0.2) is 9.78 Å². The molecule has 0 spiro atoms. The van der Waals surface area contributed by atoms with E-state index in [-0.39, 0.29) is 23.6 Å². The Labute approximate surface area is 123 Å². The second kappa shape index (κ2) is 5.80. The molecule has 1 aromatic heterocycles. The van der Waals surface area contributed by atoms with E-state index in [0.29, 0.717) is 11.0 Å². The van der Waals surface area contributed by atoms with Crippen LogP contribution >= 0.6 is 11.6 Å². The van der Waals surface area contributed by atoms with Crippen LogP contribution < -0.4 is 4.74 Å². The van der Waals surface area contributed by atoms with E-state index in [1.165, 1.54) is 6.20 Å². The van der Waals surface area contributed by atoms with Gasteiger partial charge in [0.25, 0.3) is 0 Å². The van der Waals surface area contributed by atoms with Crippen LogP contribution in [-0.2, 0) is 13.7 Å². The Morgan fingerprint density at radius 3 is 2.81 bits per heavy atom. The van der Waals surface area contributed by atoms with E-state index in [0.717, 1.165) is 18.2 Å². The first-order valence-electron chi connectivity index (χ1n) is 5.70. The lowest BCUT2D eigenvalue weighted by Gasteiger charge is -2.08. The Balaban J connectivity index is 2.28. The van der Waals surface area contributed by atoms with Crippen LogP contribution in [0.2, 0.25) is 5.15 Å². The monoisotopic (exact) mass is 311 g/mol. The molecule has 0 saturated heterocycles. The van der Waals surface area contributed by atoms with Gasteiger partial charge in [-0.3, -0.25) is 10.1 Å². The lowest BCUT2D eigenvalue weighted by atomic mass is 10.2.